The van der Waals surface area contributed by atoms with Gasteiger partial charge in [-0.05, 0) is 63.3 Å². The molecule has 0 bridgehead atoms. The second kappa shape index (κ2) is 6.04. The number of carbonyl (C=O) groups excluding carboxylic acids is 1. The molecule has 5 nitrogen and oxygen atoms in total. The summed E-state index contributed by atoms with van der Waals surface area (Å²) in [6.45, 7) is 5.97. The van der Waals surface area contributed by atoms with Gasteiger partial charge in [-0.1, -0.05) is 0 Å². The standard InChI is InChI=1S/C19H24N4O/c1-12-11-13(2)20-18-16(12)5-6-17(22-18)23-9-7-15(8-10-23)21-19(24)14-3-4-14/h5-6,11,14-15H,3-4,7-10H2,1-2H3,(H,21,24). The van der Waals surface area contributed by atoms with E-state index in [4.69, 9.17) is 4.98 Å². The minimum absolute atomic E-state index is 0.257. The van der Waals surface area contributed by atoms with Crippen LogP contribution in [-0.4, -0.2) is 35.0 Å². The van der Waals surface area contributed by atoms with Crippen LogP contribution in [0.4, 0.5) is 5.82 Å². The molecule has 1 N–H and O–H groups in total. The Morgan fingerprint density at radius 1 is 1.12 bits per heavy atom. The lowest BCUT2D eigenvalue weighted by molar-refractivity contribution is -0.123. The summed E-state index contributed by atoms with van der Waals surface area (Å²) in [7, 11) is 0. The first-order valence-electron chi connectivity index (χ1n) is 8.90. The van der Waals surface area contributed by atoms with E-state index in [0.717, 1.165) is 61.3 Å². The fourth-order valence-corrected chi connectivity index (χ4v) is 3.52. The molecule has 0 radical (unpaired) electrons. The van der Waals surface area contributed by atoms with Crippen molar-refractivity contribution in [2.24, 2.45) is 5.92 Å². The van der Waals surface area contributed by atoms with Crippen molar-refractivity contribution < 1.29 is 4.79 Å². The van der Waals surface area contributed by atoms with Crippen molar-refractivity contribution in [2.45, 2.75) is 45.6 Å². The normalized spacial score (nSPS) is 18.8. The van der Waals surface area contributed by atoms with E-state index in [0.29, 0.717) is 12.0 Å². The van der Waals surface area contributed by atoms with E-state index >= 15 is 0 Å². The number of anilines is 1. The van der Waals surface area contributed by atoms with Crippen molar-refractivity contribution in [3.63, 3.8) is 0 Å². The average molecular weight is 324 g/mol. The van der Waals surface area contributed by atoms with Crippen LogP contribution in [0.15, 0.2) is 18.2 Å². The van der Waals surface area contributed by atoms with E-state index < -0.39 is 0 Å². The Labute approximate surface area is 142 Å². The van der Waals surface area contributed by atoms with E-state index in [1.54, 1.807) is 0 Å². The molecule has 4 rings (SSSR count). The first kappa shape index (κ1) is 15.4. The second-order valence-electron chi connectivity index (χ2n) is 7.17. The van der Waals surface area contributed by atoms with Crippen molar-refractivity contribution in [2.75, 3.05) is 18.0 Å². The van der Waals surface area contributed by atoms with Gasteiger partial charge in [0.25, 0.3) is 0 Å². The molecule has 1 aliphatic carbocycles. The van der Waals surface area contributed by atoms with Gasteiger partial charge in [-0.25, -0.2) is 9.97 Å². The minimum atomic E-state index is 0.257. The molecule has 1 aliphatic heterocycles. The lowest BCUT2D eigenvalue weighted by Crippen LogP contribution is -2.45. The third-order valence-electron chi connectivity index (χ3n) is 5.11. The van der Waals surface area contributed by atoms with Gasteiger partial charge in [-0.2, -0.15) is 0 Å². The molecule has 2 fully saturated rings. The van der Waals surface area contributed by atoms with Gasteiger partial charge in [0.05, 0.1) is 0 Å². The van der Waals surface area contributed by atoms with Crippen molar-refractivity contribution in [1.29, 1.82) is 0 Å². The molecule has 1 saturated heterocycles. The fourth-order valence-electron chi connectivity index (χ4n) is 3.52. The highest BCUT2D eigenvalue weighted by molar-refractivity contribution is 5.81. The number of nitrogens with one attached hydrogen (secondary N) is 1. The van der Waals surface area contributed by atoms with Gasteiger partial charge in [0, 0.05) is 36.1 Å². The molecular formula is C19H24N4O. The maximum Gasteiger partial charge on any atom is 0.223 e. The summed E-state index contributed by atoms with van der Waals surface area (Å²) in [6, 6.07) is 6.63. The minimum Gasteiger partial charge on any atom is -0.356 e. The van der Waals surface area contributed by atoms with Crippen molar-refractivity contribution in [1.82, 2.24) is 15.3 Å². The molecule has 3 heterocycles. The second-order valence-corrected chi connectivity index (χ2v) is 7.17. The number of carbonyl (C=O) groups is 1. The summed E-state index contributed by atoms with van der Waals surface area (Å²) >= 11 is 0. The van der Waals surface area contributed by atoms with Crippen LogP contribution >= 0.6 is 0 Å². The lowest BCUT2D eigenvalue weighted by atomic mass is 10.0. The van der Waals surface area contributed by atoms with Crippen LogP contribution in [0.1, 0.15) is 36.9 Å². The predicted molar refractivity (Wildman–Crippen MR) is 95.1 cm³/mol. The quantitative estimate of drug-likeness (QED) is 0.943. The Morgan fingerprint density at radius 3 is 2.58 bits per heavy atom. The fraction of sp³-hybridized carbons (Fsp3) is 0.526. The molecule has 5 heteroatoms. The summed E-state index contributed by atoms with van der Waals surface area (Å²) in [4.78, 5) is 23.5. The number of pyridine rings is 2. The highest BCUT2D eigenvalue weighted by atomic mass is 16.2. The molecule has 1 saturated carbocycles. The van der Waals surface area contributed by atoms with E-state index in [-0.39, 0.29) is 5.91 Å². The average Bonchev–Trinajstić information content (AvgIpc) is 3.40. The Balaban J connectivity index is 1.45. The van der Waals surface area contributed by atoms with Gasteiger partial charge in [-0.15, -0.1) is 0 Å². The molecule has 0 spiro atoms. The first-order chi connectivity index (χ1) is 11.6. The number of fused-ring (bicyclic) bond motifs is 1. The SMILES string of the molecule is Cc1cc(C)c2ccc(N3CCC(NC(=O)C4CC4)CC3)nc2n1. The van der Waals surface area contributed by atoms with Gasteiger partial charge in [0.15, 0.2) is 5.65 Å². The van der Waals surface area contributed by atoms with Gasteiger partial charge >= 0.3 is 0 Å². The van der Waals surface area contributed by atoms with Crippen LogP contribution in [0.25, 0.3) is 11.0 Å². The largest absolute Gasteiger partial charge is 0.356 e. The molecule has 0 aromatic carbocycles. The number of aryl methyl sites for hydroxylation is 2. The third-order valence-corrected chi connectivity index (χ3v) is 5.11. The van der Waals surface area contributed by atoms with Crippen molar-refractivity contribution in [3.05, 3.63) is 29.5 Å². The summed E-state index contributed by atoms with van der Waals surface area (Å²) in [5.74, 6) is 1.54. The molecule has 1 amide bonds. The Bertz CT molecular complexity index is 776. The molecule has 2 aromatic rings. The summed E-state index contributed by atoms with van der Waals surface area (Å²) in [5.41, 5.74) is 3.05. The topological polar surface area (TPSA) is 58.1 Å². The lowest BCUT2D eigenvalue weighted by Gasteiger charge is -2.33. The van der Waals surface area contributed by atoms with Crippen LogP contribution < -0.4 is 10.2 Å². The van der Waals surface area contributed by atoms with Crippen LogP contribution in [0.5, 0.6) is 0 Å². The molecule has 0 atom stereocenters. The van der Waals surface area contributed by atoms with Crippen molar-refractivity contribution in [3.8, 4) is 0 Å². The van der Waals surface area contributed by atoms with E-state index in [1.807, 2.05) is 6.92 Å². The Morgan fingerprint density at radius 2 is 1.88 bits per heavy atom. The number of amides is 1. The zero-order valence-corrected chi connectivity index (χ0v) is 14.4. The smallest absolute Gasteiger partial charge is 0.223 e. The van der Waals surface area contributed by atoms with Gasteiger partial charge in [-0.3, -0.25) is 4.79 Å². The first-order valence-corrected chi connectivity index (χ1v) is 8.90. The molecule has 0 unspecified atom stereocenters. The molecule has 2 aromatic heterocycles. The van der Waals surface area contributed by atoms with Crippen molar-refractivity contribution >= 4 is 22.8 Å². The monoisotopic (exact) mass is 324 g/mol. The zero-order valence-electron chi connectivity index (χ0n) is 14.4. The van der Waals surface area contributed by atoms with Crippen LogP contribution in [0, 0.1) is 19.8 Å². The number of hydrogen-bond donors (Lipinski definition) is 1. The summed E-state index contributed by atoms with van der Waals surface area (Å²) < 4.78 is 0. The van der Waals surface area contributed by atoms with Crippen LogP contribution in [-0.2, 0) is 4.79 Å². The number of rotatable bonds is 3. The van der Waals surface area contributed by atoms with Gasteiger partial charge in [0.2, 0.25) is 5.91 Å². The predicted octanol–water partition coefficient (Wildman–Crippen LogP) is 2.74. The highest BCUT2D eigenvalue weighted by Gasteiger charge is 2.31. The number of nitrogens with zero attached hydrogens (tertiary/aromatic N) is 3. The third kappa shape index (κ3) is 3.07. The molecule has 24 heavy (non-hydrogen) atoms. The number of piperidine rings is 1. The van der Waals surface area contributed by atoms with E-state index in [9.17, 15) is 4.79 Å². The Kier molecular flexibility index (Phi) is 3.87. The zero-order chi connectivity index (χ0) is 16.7. The Hall–Kier alpha value is -2.17. The molecule has 2 aliphatic rings. The number of aromatic nitrogens is 2. The maximum absolute atomic E-state index is 11.9. The van der Waals surface area contributed by atoms with E-state index in [1.165, 1.54) is 5.56 Å². The highest BCUT2D eigenvalue weighted by Crippen LogP contribution is 2.29. The maximum atomic E-state index is 11.9. The van der Waals surface area contributed by atoms with Crippen LogP contribution in [0.2, 0.25) is 0 Å². The van der Waals surface area contributed by atoms with Crippen LogP contribution in [0.3, 0.4) is 0 Å². The summed E-state index contributed by atoms with van der Waals surface area (Å²) in [5, 5.41) is 4.32. The molecular weight excluding hydrogens is 300 g/mol. The van der Waals surface area contributed by atoms with Gasteiger partial charge < -0.3 is 10.2 Å². The number of hydrogen-bond acceptors (Lipinski definition) is 4. The van der Waals surface area contributed by atoms with Gasteiger partial charge in [0.1, 0.15) is 5.82 Å². The van der Waals surface area contributed by atoms with E-state index in [2.05, 4.69) is 40.3 Å². The molecule has 126 valence electrons. The summed E-state index contributed by atoms with van der Waals surface area (Å²) in [6.07, 6.45) is 4.10.